The summed E-state index contributed by atoms with van der Waals surface area (Å²) in [4.78, 5) is 0. The van der Waals surface area contributed by atoms with E-state index in [2.05, 4.69) is 47.6 Å². The molecule has 102 valence electrons. The van der Waals surface area contributed by atoms with Crippen LogP contribution in [0.2, 0.25) is 0 Å². The number of hydrogen-bond acceptors (Lipinski definition) is 1. The monoisotopic (exact) mass is 247 g/mol. The van der Waals surface area contributed by atoms with Crippen LogP contribution < -0.4 is 5.73 Å². The molecule has 1 aromatic carbocycles. The molecule has 18 heavy (non-hydrogen) atoms. The second-order valence-corrected chi connectivity index (χ2v) is 6.44. The van der Waals surface area contributed by atoms with Crippen LogP contribution in [0.25, 0.3) is 0 Å². The van der Waals surface area contributed by atoms with Gasteiger partial charge >= 0.3 is 0 Å². The van der Waals surface area contributed by atoms with Gasteiger partial charge in [-0.2, -0.15) is 0 Å². The molecule has 0 radical (unpaired) electrons. The molecule has 0 amide bonds. The van der Waals surface area contributed by atoms with Crippen molar-refractivity contribution in [3.8, 4) is 0 Å². The quantitative estimate of drug-likeness (QED) is 0.828. The maximum atomic E-state index is 5.69. The molecule has 0 spiro atoms. The van der Waals surface area contributed by atoms with Gasteiger partial charge in [0.15, 0.2) is 0 Å². The van der Waals surface area contributed by atoms with Crippen molar-refractivity contribution >= 4 is 0 Å². The Morgan fingerprint density at radius 2 is 1.44 bits per heavy atom. The zero-order chi connectivity index (χ0) is 13.9. The standard InChI is InChI=1S/C17H29N/c1-12-11-13(2)15(4)16(14(12)3)7-8-17(5,6)9-10-18/h11H,7-10,18H2,1-6H3. The Balaban J connectivity index is 2.91. The fraction of sp³-hybridized carbons (Fsp3) is 0.647. The fourth-order valence-electron chi connectivity index (χ4n) is 2.65. The van der Waals surface area contributed by atoms with Gasteiger partial charge < -0.3 is 5.73 Å². The maximum absolute atomic E-state index is 5.69. The minimum atomic E-state index is 0.352. The third-order valence-electron chi connectivity index (χ3n) is 4.39. The molecule has 0 aromatic heterocycles. The van der Waals surface area contributed by atoms with E-state index < -0.39 is 0 Å². The third kappa shape index (κ3) is 3.58. The van der Waals surface area contributed by atoms with E-state index in [1.807, 2.05) is 0 Å². The second kappa shape index (κ2) is 5.88. The highest BCUT2D eigenvalue weighted by Crippen LogP contribution is 2.30. The van der Waals surface area contributed by atoms with Crippen molar-refractivity contribution < 1.29 is 0 Å². The van der Waals surface area contributed by atoms with E-state index in [4.69, 9.17) is 5.73 Å². The van der Waals surface area contributed by atoms with E-state index in [9.17, 15) is 0 Å². The molecule has 0 fully saturated rings. The Bertz CT molecular complexity index is 390. The van der Waals surface area contributed by atoms with Crippen LogP contribution in [0.15, 0.2) is 6.07 Å². The maximum Gasteiger partial charge on any atom is -0.00722 e. The summed E-state index contributed by atoms with van der Waals surface area (Å²) < 4.78 is 0. The van der Waals surface area contributed by atoms with Crippen LogP contribution in [0.3, 0.4) is 0 Å². The molecule has 1 aromatic rings. The molecule has 1 heteroatoms. The number of rotatable bonds is 5. The predicted octanol–water partition coefficient (Wildman–Crippen LogP) is 4.23. The Kier molecular flexibility index (Phi) is 4.98. The smallest absolute Gasteiger partial charge is 0.00722 e. The van der Waals surface area contributed by atoms with Crippen molar-refractivity contribution in [1.82, 2.24) is 0 Å². The van der Waals surface area contributed by atoms with Gasteiger partial charge in [0.25, 0.3) is 0 Å². The minimum Gasteiger partial charge on any atom is -0.330 e. The van der Waals surface area contributed by atoms with Crippen LogP contribution in [0.5, 0.6) is 0 Å². The highest BCUT2D eigenvalue weighted by Gasteiger charge is 2.18. The van der Waals surface area contributed by atoms with E-state index >= 15 is 0 Å². The average molecular weight is 247 g/mol. The average Bonchev–Trinajstić information content (AvgIpc) is 2.26. The highest BCUT2D eigenvalue weighted by atomic mass is 14.5. The lowest BCUT2D eigenvalue weighted by Gasteiger charge is -2.25. The summed E-state index contributed by atoms with van der Waals surface area (Å²) in [6.07, 6.45) is 3.50. The van der Waals surface area contributed by atoms with Gasteiger partial charge in [-0.15, -0.1) is 0 Å². The molecule has 1 nitrogen and oxygen atoms in total. The van der Waals surface area contributed by atoms with Crippen LogP contribution in [0.4, 0.5) is 0 Å². The van der Waals surface area contributed by atoms with Crippen LogP contribution >= 0.6 is 0 Å². The van der Waals surface area contributed by atoms with Gasteiger partial charge in [-0.25, -0.2) is 0 Å². The van der Waals surface area contributed by atoms with Crippen molar-refractivity contribution in [2.45, 2.75) is 60.8 Å². The van der Waals surface area contributed by atoms with Crippen molar-refractivity contribution in [2.24, 2.45) is 11.1 Å². The van der Waals surface area contributed by atoms with E-state index in [-0.39, 0.29) is 0 Å². The van der Waals surface area contributed by atoms with Crippen LogP contribution in [0.1, 0.15) is 54.5 Å². The number of nitrogens with two attached hydrogens (primary N) is 1. The van der Waals surface area contributed by atoms with Gasteiger partial charge in [-0.05, 0) is 86.7 Å². The first kappa shape index (κ1) is 15.2. The predicted molar refractivity (Wildman–Crippen MR) is 81.2 cm³/mol. The van der Waals surface area contributed by atoms with Gasteiger partial charge in [-0.1, -0.05) is 19.9 Å². The third-order valence-corrected chi connectivity index (χ3v) is 4.39. The van der Waals surface area contributed by atoms with Crippen molar-refractivity contribution in [3.05, 3.63) is 33.9 Å². The zero-order valence-electron chi connectivity index (χ0n) is 13.0. The first-order valence-corrected chi connectivity index (χ1v) is 7.05. The summed E-state index contributed by atoms with van der Waals surface area (Å²) in [5, 5.41) is 0. The van der Waals surface area contributed by atoms with Crippen LogP contribution in [-0.2, 0) is 6.42 Å². The van der Waals surface area contributed by atoms with Crippen LogP contribution in [-0.4, -0.2) is 6.54 Å². The molecule has 0 aliphatic carbocycles. The molecule has 0 bridgehead atoms. The zero-order valence-corrected chi connectivity index (χ0v) is 13.0. The molecule has 0 unspecified atom stereocenters. The molecule has 0 saturated carbocycles. The van der Waals surface area contributed by atoms with Crippen molar-refractivity contribution in [2.75, 3.05) is 6.54 Å². The summed E-state index contributed by atoms with van der Waals surface area (Å²) in [7, 11) is 0. The first-order chi connectivity index (χ1) is 8.28. The lowest BCUT2D eigenvalue weighted by molar-refractivity contribution is 0.313. The number of hydrogen-bond donors (Lipinski definition) is 1. The molecule has 0 aliphatic rings. The first-order valence-electron chi connectivity index (χ1n) is 7.05. The summed E-state index contributed by atoms with van der Waals surface area (Å²) in [6.45, 7) is 14.4. The molecule has 0 heterocycles. The van der Waals surface area contributed by atoms with Crippen molar-refractivity contribution in [3.63, 3.8) is 0 Å². The van der Waals surface area contributed by atoms with Gasteiger partial charge in [0, 0.05) is 0 Å². The number of aryl methyl sites for hydroxylation is 2. The molecule has 0 atom stereocenters. The van der Waals surface area contributed by atoms with Crippen molar-refractivity contribution in [1.29, 1.82) is 0 Å². The van der Waals surface area contributed by atoms with E-state index in [0.29, 0.717) is 5.41 Å². The van der Waals surface area contributed by atoms with Gasteiger partial charge in [0.1, 0.15) is 0 Å². The van der Waals surface area contributed by atoms with Crippen LogP contribution in [0, 0.1) is 33.1 Å². The normalized spacial score (nSPS) is 11.9. The molecule has 2 N–H and O–H groups in total. The molecule has 1 rings (SSSR count). The summed E-state index contributed by atoms with van der Waals surface area (Å²) in [5.74, 6) is 0. The summed E-state index contributed by atoms with van der Waals surface area (Å²) >= 11 is 0. The fourth-order valence-corrected chi connectivity index (χ4v) is 2.65. The lowest BCUT2D eigenvalue weighted by Crippen LogP contribution is -2.18. The van der Waals surface area contributed by atoms with Gasteiger partial charge in [0.05, 0.1) is 0 Å². The molecule has 0 saturated heterocycles. The Hall–Kier alpha value is -0.820. The largest absolute Gasteiger partial charge is 0.330 e. The number of benzene rings is 1. The molecular formula is C17H29N. The Labute approximate surface area is 113 Å². The van der Waals surface area contributed by atoms with E-state index in [1.165, 1.54) is 35.1 Å². The minimum absolute atomic E-state index is 0.352. The molecular weight excluding hydrogens is 218 g/mol. The Morgan fingerprint density at radius 1 is 0.944 bits per heavy atom. The topological polar surface area (TPSA) is 26.0 Å². The van der Waals surface area contributed by atoms with E-state index in [1.54, 1.807) is 5.56 Å². The Morgan fingerprint density at radius 3 is 1.89 bits per heavy atom. The van der Waals surface area contributed by atoms with E-state index in [0.717, 1.165) is 13.0 Å². The SMILES string of the molecule is Cc1cc(C)c(C)c(CCC(C)(C)CCN)c1C. The van der Waals surface area contributed by atoms with Gasteiger partial charge in [0.2, 0.25) is 0 Å². The highest BCUT2D eigenvalue weighted by molar-refractivity contribution is 5.44. The second-order valence-electron chi connectivity index (χ2n) is 6.44. The molecule has 0 aliphatic heterocycles. The summed E-state index contributed by atoms with van der Waals surface area (Å²) in [5.41, 5.74) is 13.4. The van der Waals surface area contributed by atoms with Gasteiger partial charge in [-0.3, -0.25) is 0 Å². The lowest BCUT2D eigenvalue weighted by atomic mass is 9.81. The summed E-state index contributed by atoms with van der Waals surface area (Å²) in [6, 6.07) is 2.30.